The van der Waals surface area contributed by atoms with Crippen molar-refractivity contribution in [3.63, 3.8) is 0 Å². The maximum Gasteiger partial charge on any atom is 0.252 e. The Hall–Kier alpha value is -3.64. The van der Waals surface area contributed by atoms with Gasteiger partial charge in [0.15, 0.2) is 11.5 Å². The van der Waals surface area contributed by atoms with Crippen LogP contribution >= 0.6 is 11.6 Å². The lowest BCUT2D eigenvalue weighted by Crippen LogP contribution is -2.26. The number of fused-ring (bicyclic) bond motifs is 1. The number of nitrogens with zero attached hydrogens (tertiary/aromatic N) is 2. The molecule has 0 radical (unpaired) electrons. The van der Waals surface area contributed by atoms with Gasteiger partial charge in [-0.25, -0.2) is 4.98 Å². The third-order valence-corrected chi connectivity index (χ3v) is 5.44. The molecule has 0 unspecified atom stereocenters. The number of carbonyl (C=O) groups is 1. The molecule has 2 heterocycles. The Morgan fingerprint density at radius 2 is 1.88 bits per heavy atom. The predicted molar refractivity (Wildman–Crippen MR) is 126 cm³/mol. The molecular formula is C25H22ClN3O3. The molecule has 0 saturated heterocycles. The van der Waals surface area contributed by atoms with Gasteiger partial charge in [-0.3, -0.25) is 9.78 Å². The molecular weight excluding hydrogens is 426 g/mol. The van der Waals surface area contributed by atoms with Crippen LogP contribution in [0.1, 0.15) is 15.9 Å². The van der Waals surface area contributed by atoms with E-state index in [-0.39, 0.29) is 5.91 Å². The van der Waals surface area contributed by atoms with Gasteiger partial charge >= 0.3 is 0 Å². The molecule has 1 N–H and O–H groups in total. The molecule has 2 aromatic heterocycles. The quantitative estimate of drug-likeness (QED) is 0.434. The fraction of sp³-hybridized carbons (Fsp3) is 0.160. The van der Waals surface area contributed by atoms with E-state index < -0.39 is 0 Å². The Kier molecular flexibility index (Phi) is 6.52. The van der Waals surface area contributed by atoms with E-state index in [9.17, 15) is 4.79 Å². The largest absolute Gasteiger partial charge is 0.493 e. The number of amides is 1. The first kappa shape index (κ1) is 21.6. The number of benzene rings is 2. The van der Waals surface area contributed by atoms with Gasteiger partial charge < -0.3 is 14.8 Å². The minimum atomic E-state index is -0.190. The lowest BCUT2D eigenvalue weighted by molar-refractivity contribution is 0.0955. The molecule has 0 aliphatic heterocycles. The number of hydrogen-bond acceptors (Lipinski definition) is 5. The Morgan fingerprint density at radius 1 is 1.03 bits per heavy atom. The second-order valence-electron chi connectivity index (χ2n) is 7.13. The van der Waals surface area contributed by atoms with Crippen molar-refractivity contribution < 1.29 is 14.3 Å². The van der Waals surface area contributed by atoms with E-state index in [0.717, 1.165) is 11.1 Å². The third kappa shape index (κ3) is 4.50. The molecule has 0 aliphatic rings. The second-order valence-corrected chi connectivity index (χ2v) is 7.54. The number of rotatable bonds is 7. The first-order valence-electron chi connectivity index (χ1n) is 10.1. The van der Waals surface area contributed by atoms with Crippen LogP contribution in [0.2, 0.25) is 5.02 Å². The van der Waals surface area contributed by atoms with E-state index in [4.69, 9.17) is 21.1 Å². The number of ether oxygens (including phenoxy) is 2. The van der Waals surface area contributed by atoms with Crippen molar-refractivity contribution in [2.45, 2.75) is 6.42 Å². The highest BCUT2D eigenvalue weighted by Gasteiger charge is 2.16. The van der Waals surface area contributed by atoms with E-state index in [1.165, 1.54) is 0 Å². The summed E-state index contributed by atoms with van der Waals surface area (Å²) in [5, 5.41) is 4.20. The first-order valence-corrected chi connectivity index (χ1v) is 10.5. The normalized spacial score (nSPS) is 10.7. The van der Waals surface area contributed by atoms with Gasteiger partial charge in [-0.05, 0) is 48.4 Å². The molecule has 6 nitrogen and oxygen atoms in total. The summed E-state index contributed by atoms with van der Waals surface area (Å²) in [4.78, 5) is 22.0. The number of nitrogens with one attached hydrogen (secondary N) is 1. The number of carbonyl (C=O) groups excluding carboxylic acids is 1. The van der Waals surface area contributed by atoms with Crippen LogP contribution < -0.4 is 14.8 Å². The van der Waals surface area contributed by atoms with E-state index in [0.29, 0.717) is 51.6 Å². The molecule has 0 saturated carbocycles. The monoisotopic (exact) mass is 447 g/mol. The highest BCUT2D eigenvalue weighted by molar-refractivity contribution is 6.35. The zero-order valence-corrected chi connectivity index (χ0v) is 18.5. The lowest BCUT2D eigenvalue weighted by Gasteiger charge is -2.12. The molecule has 0 aliphatic carbocycles. The van der Waals surface area contributed by atoms with E-state index >= 15 is 0 Å². The summed E-state index contributed by atoms with van der Waals surface area (Å²) in [6, 6.07) is 16.7. The van der Waals surface area contributed by atoms with Crippen LogP contribution in [0, 0.1) is 0 Å². The van der Waals surface area contributed by atoms with Gasteiger partial charge in [0.25, 0.3) is 5.91 Å². The van der Waals surface area contributed by atoms with Crippen molar-refractivity contribution in [2.24, 2.45) is 0 Å². The van der Waals surface area contributed by atoms with Crippen LogP contribution in [0.5, 0.6) is 11.5 Å². The maximum absolute atomic E-state index is 13.1. The van der Waals surface area contributed by atoms with Crippen molar-refractivity contribution in [3.05, 3.63) is 83.1 Å². The van der Waals surface area contributed by atoms with Gasteiger partial charge in [0, 0.05) is 29.9 Å². The van der Waals surface area contributed by atoms with Gasteiger partial charge in [0.05, 0.1) is 36.0 Å². The lowest BCUT2D eigenvalue weighted by atomic mass is 10.0. The van der Waals surface area contributed by atoms with Crippen LogP contribution in [0.3, 0.4) is 0 Å². The van der Waals surface area contributed by atoms with E-state index in [1.54, 1.807) is 38.7 Å². The summed E-state index contributed by atoms with van der Waals surface area (Å²) >= 11 is 6.40. The van der Waals surface area contributed by atoms with Crippen molar-refractivity contribution in [2.75, 3.05) is 20.8 Å². The van der Waals surface area contributed by atoms with Crippen LogP contribution in [-0.2, 0) is 6.42 Å². The van der Waals surface area contributed by atoms with Crippen LogP contribution in [0.25, 0.3) is 22.2 Å². The molecule has 0 bridgehead atoms. The summed E-state index contributed by atoms with van der Waals surface area (Å²) in [5.74, 6) is 1.14. The summed E-state index contributed by atoms with van der Waals surface area (Å²) in [6.45, 7) is 0.459. The Balaban J connectivity index is 1.59. The fourth-order valence-electron chi connectivity index (χ4n) is 3.52. The summed E-state index contributed by atoms with van der Waals surface area (Å²) in [6.07, 6.45) is 4.05. The number of para-hydroxylation sites is 1. The zero-order chi connectivity index (χ0) is 22.5. The minimum Gasteiger partial charge on any atom is -0.493 e. The Labute approximate surface area is 191 Å². The van der Waals surface area contributed by atoms with Crippen LogP contribution in [0.4, 0.5) is 0 Å². The molecule has 4 rings (SSSR count). The summed E-state index contributed by atoms with van der Waals surface area (Å²) in [5.41, 5.74) is 3.59. The number of aromatic nitrogens is 2. The van der Waals surface area contributed by atoms with Gasteiger partial charge in [0.1, 0.15) is 0 Å². The summed E-state index contributed by atoms with van der Waals surface area (Å²) < 4.78 is 10.6. The molecule has 162 valence electrons. The molecule has 4 aromatic rings. The smallest absolute Gasteiger partial charge is 0.252 e. The van der Waals surface area contributed by atoms with Gasteiger partial charge in [-0.15, -0.1) is 0 Å². The maximum atomic E-state index is 13.1. The standard InChI is InChI=1S/C25H22ClN3O3/c1-31-22-9-8-16(13-23(22)32-2)10-12-28-25(30)19-14-21(17-5-4-11-27-15-17)29-24-18(19)6-3-7-20(24)26/h3-9,11,13-15H,10,12H2,1-2H3,(H,28,30). The van der Waals surface area contributed by atoms with Crippen molar-refractivity contribution in [3.8, 4) is 22.8 Å². The van der Waals surface area contributed by atoms with E-state index in [1.807, 2.05) is 42.5 Å². The number of pyridine rings is 2. The van der Waals surface area contributed by atoms with Crippen molar-refractivity contribution >= 4 is 28.4 Å². The van der Waals surface area contributed by atoms with Crippen molar-refractivity contribution in [1.82, 2.24) is 15.3 Å². The average Bonchev–Trinajstić information content (AvgIpc) is 2.84. The molecule has 0 atom stereocenters. The number of methoxy groups -OCH3 is 2. The first-order chi connectivity index (χ1) is 15.6. The predicted octanol–water partition coefficient (Wildman–Crippen LogP) is 4.94. The number of hydrogen-bond donors (Lipinski definition) is 1. The Bertz CT molecular complexity index is 1260. The molecule has 1 amide bonds. The average molecular weight is 448 g/mol. The minimum absolute atomic E-state index is 0.190. The molecule has 0 spiro atoms. The van der Waals surface area contributed by atoms with Crippen molar-refractivity contribution in [1.29, 1.82) is 0 Å². The highest BCUT2D eigenvalue weighted by Crippen LogP contribution is 2.29. The molecule has 32 heavy (non-hydrogen) atoms. The highest BCUT2D eigenvalue weighted by atomic mass is 35.5. The fourth-order valence-corrected chi connectivity index (χ4v) is 3.73. The van der Waals surface area contributed by atoms with Gasteiger partial charge in [-0.2, -0.15) is 0 Å². The van der Waals surface area contributed by atoms with Crippen LogP contribution in [-0.4, -0.2) is 36.6 Å². The molecule has 2 aromatic carbocycles. The topological polar surface area (TPSA) is 73.3 Å². The van der Waals surface area contributed by atoms with E-state index in [2.05, 4.69) is 15.3 Å². The molecule has 7 heteroatoms. The molecule has 0 fully saturated rings. The Morgan fingerprint density at radius 3 is 2.62 bits per heavy atom. The van der Waals surface area contributed by atoms with Gasteiger partial charge in [-0.1, -0.05) is 29.8 Å². The summed E-state index contributed by atoms with van der Waals surface area (Å²) in [7, 11) is 3.20. The SMILES string of the molecule is COc1ccc(CCNC(=O)c2cc(-c3cccnc3)nc3c(Cl)cccc23)cc1OC. The van der Waals surface area contributed by atoms with Crippen LogP contribution in [0.15, 0.2) is 67.0 Å². The second kappa shape index (κ2) is 9.66. The number of halogens is 1. The third-order valence-electron chi connectivity index (χ3n) is 5.14. The zero-order valence-electron chi connectivity index (χ0n) is 17.8. The van der Waals surface area contributed by atoms with Gasteiger partial charge in [0.2, 0.25) is 0 Å².